The molecular weight excluding hydrogens is 328 g/mol. The van der Waals surface area contributed by atoms with E-state index in [2.05, 4.69) is 20.8 Å². The third-order valence-electron chi connectivity index (χ3n) is 4.83. The normalized spacial score (nSPS) is 11.3. The fourth-order valence-electron chi connectivity index (χ4n) is 3.11. The first kappa shape index (κ1) is 19.7. The molecule has 4 nitrogen and oxygen atoms in total. The fraction of sp³-hybridized carbons (Fsp3) is 0.364. The van der Waals surface area contributed by atoms with Crippen molar-refractivity contribution >= 4 is 11.8 Å². The molecule has 0 saturated carbocycles. The second-order valence-electron chi connectivity index (χ2n) is 7.25. The summed E-state index contributed by atoms with van der Waals surface area (Å²) in [5.41, 5.74) is 0.979. The summed E-state index contributed by atoms with van der Waals surface area (Å²) in [6.45, 7) is 6.40. The van der Waals surface area contributed by atoms with Gasteiger partial charge in [0, 0.05) is 5.56 Å². The number of hydrogen-bond donors (Lipinski definition) is 2. The average molecular weight is 354 g/mol. The van der Waals surface area contributed by atoms with E-state index in [1.54, 1.807) is 18.2 Å². The lowest BCUT2D eigenvalue weighted by molar-refractivity contribution is 0.0692. The molecule has 2 aromatic rings. The third-order valence-corrected chi connectivity index (χ3v) is 4.83. The number of carbonyl (C=O) groups excluding carboxylic acids is 1. The molecule has 4 heteroatoms. The predicted molar refractivity (Wildman–Crippen MR) is 102 cm³/mol. The van der Waals surface area contributed by atoms with Gasteiger partial charge in [0.05, 0.1) is 11.1 Å². The smallest absolute Gasteiger partial charge is 0.336 e. The number of phenolic OH excluding ortho intramolecular Hbond substituents is 1. The van der Waals surface area contributed by atoms with E-state index in [9.17, 15) is 19.8 Å². The summed E-state index contributed by atoms with van der Waals surface area (Å²) in [7, 11) is 0. The second kappa shape index (κ2) is 8.17. The molecule has 0 heterocycles. The maximum absolute atomic E-state index is 12.9. The Labute approximate surface area is 154 Å². The van der Waals surface area contributed by atoms with Crippen molar-refractivity contribution in [2.75, 3.05) is 0 Å². The van der Waals surface area contributed by atoms with Gasteiger partial charge in [0.1, 0.15) is 5.75 Å². The molecule has 2 aromatic carbocycles. The van der Waals surface area contributed by atoms with Crippen LogP contribution in [0.3, 0.4) is 0 Å². The van der Waals surface area contributed by atoms with E-state index in [0.29, 0.717) is 0 Å². The van der Waals surface area contributed by atoms with Gasteiger partial charge in [-0.1, -0.05) is 64.3 Å². The van der Waals surface area contributed by atoms with Crippen LogP contribution in [0.25, 0.3) is 0 Å². The van der Waals surface area contributed by atoms with Crippen molar-refractivity contribution in [1.82, 2.24) is 0 Å². The standard InChI is InChI=1S/C22H26O4/c1-4-5-8-13-22(2,3)15-11-12-19(23)18(14-15)20(24)16-9-6-7-10-17(16)21(25)26/h6-7,9-12,14,23H,4-5,8,13H2,1-3H3,(H,25,26). The molecule has 0 amide bonds. The van der Waals surface area contributed by atoms with Crippen molar-refractivity contribution < 1.29 is 19.8 Å². The Balaban J connectivity index is 2.42. The van der Waals surface area contributed by atoms with Gasteiger partial charge in [-0.3, -0.25) is 4.79 Å². The highest BCUT2D eigenvalue weighted by molar-refractivity contribution is 6.15. The van der Waals surface area contributed by atoms with Crippen LogP contribution >= 0.6 is 0 Å². The zero-order valence-electron chi connectivity index (χ0n) is 15.6. The zero-order valence-corrected chi connectivity index (χ0v) is 15.6. The van der Waals surface area contributed by atoms with E-state index in [1.165, 1.54) is 18.2 Å². The molecule has 0 bridgehead atoms. The Hall–Kier alpha value is -2.62. The Morgan fingerprint density at radius 3 is 2.23 bits per heavy atom. The van der Waals surface area contributed by atoms with E-state index >= 15 is 0 Å². The lowest BCUT2D eigenvalue weighted by Crippen LogP contribution is -2.18. The third kappa shape index (κ3) is 4.31. The number of aromatic carboxylic acids is 1. The van der Waals surface area contributed by atoms with Crippen molar-refractivity contribution in [2.45, 2.75) is 51.9 Å². The van der Waals surface area contributed by atoms with Gasteiger partial charge in [0.15, 0.2) is 5.78 Å². The lowest BCUT2D eigenvalue weighted by atomic mass is 9.79. The van der Waals surface area contributed by atoms with E-state index in [1.807, 2.05) is 6.07 Å². The number of benzene rings is 2. The van der Waals surface area contributed by atoms with Crippen molar-refractivity contribution in [3.63, 3.8) is 0 Å². The van der Waals surface area contributed by atoms with Gasteiger partial charge >= 0.3 is 5.97 Å². The number of hydrogen-bond acceptors (Lipinski definition) is 3. The molecule has 0 aliphatic heterocycles. The molecule has 0 atom stereocenters. The molecule has 2 rings (SSSR count). The first-order valence-electron chi connectivity index (χ1n) is 8.98. The van der Waals surface area contributed by atoms with Crippen LogP contribution in [0.1, 0.15) is 78.3 Å². The maximum Gasteiger partial charge on any atom is 0.336 e. The summed E-state index contributed by atoms with van der Waals surface area (Å²) >= 11 is 0. The van der Waals surface area contributed by atoms with Gasteiger partial charge < -0.3 is 10.2 Å². The van der Waals surface area contributed by atoms with Crippen molar-refractivity contribution in [2.24, 2.45) is 0 Å². The highest BCUT2D eigenvalue weighted by Gasteiger charge is 2.25. The molecule has 0 unspecified atom stereocenters. The molecule has 0 aliphatic carbocycles. The highest BCUT2D eigenvalue weighted by atomic mass is 16.4. The summed E-state index contributed by atoms with van der Waals surface area (Å²) < 4.78 is 0. The number of carboxylic acids is 1. The quantitative estimate of drug-likeness (QED) is 0.506. The molecular formula is C22H26O4. The van der Waals surface area contributed by atoms with Crippen molar-refractivity contribution in [3.8, 4) is 5.75 Å². The Morgan fingerprint density at radius 2 is 1.62 bits per heavy atom. The second-order valence-corrected chi connectivity index (χ2v) is 7.25. The van der Waals surface area contributed by atoms with Crippen LogP contribution in [-0.2, 0) is 5.41 Å². The lowest BCUT2D eigenvalue weighted by Gasteiger charge is -2.26. The number of ketones is 1. The minimum absolute atomic E-state index is 0.0653. The molecule has 138 valence electrons. The van der Waals surface area contributed by atoms with Crippen LogP contribution in [0, 0.1) is 0 Å². The van der Waals surface area contributed by atoms with Gasteiger partial charge in [0.25, 0.3) is 0 Å². The molecule has 0 aliphatic rings. The fourth-order valence-corrected chi connectivity index (χ4v) is 3.11. The number of phenols is 1. The molecule has 0 spiro atoms. The van der Waals surface area contributed by atoms with Crippen LogP contribution in [-0.4, -0.2) is 22.0 Å². The van der Waals surface area contributed by atoms with Gasteiger partial charge in [-0.2, -0.15) is 0 Å². The van der Waals surface area contributed by atoms with E-state index in [-0.39, 0.29) is 27.9 Å². The highest BCUT2D eigenvalue weighted by Crippen LogP contribution is 2.33. The van der Waals surface area contributed by atoms with Crippen LogP contribution in [0.5, 0.6) is 5.75 Å². The summed E-state index contributed by atoms with van der Waals surface area (Å²) in [6, 6.07) is 11.1. The van der Waals surface area contributed by atoms with Gasteiger partial charge in [-0.15, -0.1) is 0 Å². The summed E-state index contributed by atoms with van der Waals surface area (Å²) in [5.74, 6) is -1.78. The molecule has 2 N–H and O–H groups in total. The molecule has 0 fully saturated rings. The number of aromatic hydroxyl groups is 1. The number of unbranched alkanes of at least 4 members (excludes halogenated alkanes) is 2. The van der Waals surface area contributed by atoms with Gasteiger partial charge in [-0.05, 0) is 35.6 Å². The SMILES string of the molecule is CCCCCC(C)(C)c1ccc(O)c(C(=O)c2ccccc2C(=O)O)c1. The van der Waals surface area contributed by atoms with Crippen LogP contribution in [0.2, 0.25) is 0 Å². The first-order chi connectivity index (χ1) is 12.3. The van der Waals surface area contributed by atoms with E-state index in [4.69, 9.17) is 0 Å². The topological polar surface area (TPSA) is 74.6 Å². The zero-order chi connectivity index (χ0) is 19.3. The largest absolute Gasteiger partial charge is 0.507 e. The molecule has 0 saturated heterocycles. The Bertz CT molecular complexity index is 806. The van der Waals surface area contributed by atoms with Gasteiger partial charge in [0.2, 0.25) is 0 Å². The Morgan fingerprint density at radius 1 is 0.962 bits per heavy atom. The predicted octanol–water partition coefficient (Wildman–Crippen LogP) is 5.18. The number of carboxylic acid groups (broad SMARTS) is 1. The summed E-state index contributed by atoms with van der Waals surface area (Å²) in [6.07, 6.45) is 4.36. The molecule has 0 aromatic heterocycles. The minimum atomic E-state index is -1.16. The average Bonchev–Trinajstić information content (AvgIpc) is 2.61. The molecule has 0 radical (unpaired) electrons. The van der Waals surface area contributed by atoms with E-state index < -0.39 is 11.8 Å². The monoisotopic (exact) mass is 354 g/mol. The molecule has 26 heavy (non-hydrogen) atoms. The number of rotatable bonds is 8. The Kier molecular flexibility index (Phi) is 6.19. The van der Waals surface area contributed by atoms with Crippen LogP contribution < -0.4 is 0 Å². The van der Waals surface area contributed by atoms with Crippen molar-refractivity contribution in [3.05, 3.63) is 64.7 Å². The van der Waals surface area contributed by atoms with Crippen LogP contribution in [0.4, 0.5) is 0 Å². The van der Waals surface area contributed by atoms with Gasteiger partial charge in [-0.25, -0.2) is 4.79 Å². The van der Waals surface area contributed by atoms with Crippen molar-refractivity contribution in [1.29, 1.82) is 0 Å². The summed E-state index contributed by atoms with van der Waals surface area (Å²) in [4.78, 5) is 24.3. The minimum Gasteiger partial charge on any atom is -0.507 e. The van der Waals surface area contributed by atoms with E-state index in [0.717, 1.165) is 31.2 Å². The summed E-state index contributed by atoms with van der Waals surface area (Å²) in [5, 5.41) is 19.5. The van der Waals surface area contributed by atoms with Crippen LogP contribution in [0.15, 0.2) is 42.5 Å². The first-order valence-corrected chi connectivity index (χ1v) is 8.98. The number of carbonyl (C=O) groups is 2. The maximum atomic E-state index is 12.9.